The first-order valence-corrected chi connectivity index (χ1v) is 5.76. The van der Waals surface area contributed by atoms with Crippen molar-refractivity contribution in [2.45, 2.75) is 44.1 Å². The summed E-state index contributed by atoms with van der Waals surface area (Å²) in [5.74, 6) is 0.764. The molecule has 1 aliphatic carbocycles. The zero-order valence-electron chi connectivity index (χ0n) is 8.02. The highest BCUT2D eigenvalue weighted by atomic mass is 35.5. The van der Waals surface area contributed by atoms with Gasteiger partial charge in [0.25, 0.3) is 0 Å². The number of hydrogen-bond acceptors (Lipinski definition) is 1. The molecule has 0 amide bonds. The highest BCUT2D eigenvalue weighted by Gasteiger charge is 2.35. The average Bonchev–Trinajstić information content (AvgIpc) is 2.59. The summed E-state index contributed by atoms with van der Waals surface area (Å²) in [7, 11) is 0. The van der Waals surface area contributed by atoms with E-state index in [1.807, 2.05) is 0 Å². The summed E-state index contributed by atoms with van der Waals surface area (Å²) in [6.07, 6.45) is 9.48. The van der Waals surface area contributed by atoms with Crippen molar-refractivity contribution in [1.82, 2.24) is 0 Å². The van der Waals surface area contributed by atoms with E-state index in [2.05, 4.69) is 6.08 Å². The Morgan fingerprint density at radius 3 is 2.92 bits per heavy atom. The van der Waals surface area contributed by atoms with Gasteiger partial charge >= 0.3 is 0 Å². The fourth-order valence-corrected chi connectivity index (χ4v) is 2.63. The van der Waals surface area contributed by atoms with Gasteiger partial charge in [-0.3, -0.25) is 0 Å². The van der Waals surface area contributed by atoms with Gasteiger partial charge in [0, 0.05) is 12.5 Å². The molecule has 1 spiro atoms. The van der Waals surface area contributed by atoms with Gasteiger partial charge in [-0.25, -0.2) is 0 Å². The fourth-order valence-electron chi connectivity index (χ4n) is 2.38. The molecule has 1 saturated heterocycles. The Kier molecular flexibility index (Phi) is 2.95. The lowest BCUT2D eigenvalue weighted by molar-refractivity contribution is -0.00387. The molecule has 13 heavy (non-hydrogen) atoms. The molecule has 1 nitrogen and oxygen atoms in total. The van der Waals surface area contributed by atoms with Crippen molar-refractivity contribution in [3.8, 4) is 0 Å². The van der Waals surface area contributed by atoms with Crippen LogP contribution in [0.1, 0.15) is 38.5 Å². The summed E-state index contributed by atoms with van der Waals surface area (Å²) < 4.78 is 5.83. The third kappa shape index (κ3) is 2.08. The van der Waals surface area contributed by atoms with Crippen LogP contribution >= 0.6 is 11.6 Å². The van der Waals surface area contributed by atoms with Crippen molar-refractivity contribution in [2.24, 2.45) is 0 Å². The van der Waals surface area contributed by atoms with Gasteiger partial charge in [-0.1, -0.05) is 11.6 Å². The molecule has 2 heteroatoms. The van der Waals surface area contributed by atoms with E-state index in [0.29, 0.717) is 0 Å². The number of halogens is 1. The summed E-state index contributed by atoms with van der Waals surface area (Å²) in [6, 6.07) is 0. The lowest BCUT2D eigenvalue weighted by atomic mass is 9.83. The summed E-state index contributed by atoms with van der Waals surface area (Å²) in [5.41, 5.74) is 1.77. The van der Waals surface area contributed by atoms with Crippen LogP contribution in [0.5, 0.6) is 0 Å². The predicted molar refractivity (Wildman–Crippen MR) is 55.2 cm³/mol. The normalized spacial score (nSPS) is 33.8. The largest absolute Gasteiger partial charge is 0.375 e. The Labute approximate surface area is 85.1 Å². The molecule has 0 saturated carbocycles. The van der Waals surface area contributed by atoms with Crippen LogP contribution in [0.3, 0.4) is 0 Å². The standard InChI is InChI=1S/C11H17ClO/c12-8-4-10-2-6-11(7-3-10)5-1-9-13-11/h2H,1,3-9H2. The lowest BCUT2D eigenvalue weighted by Gasteiger charge is -2.31. The quantitative estimate of drug-likeness (QED) is 0.491. The Morgan fingerprint density at radius 2 is 2.38 bits per heavy atom. The third-order valence-corrected chi connectivity index (χ3v) is 3.45. The Morgan fingerprint density at radius 1 is 1.46 bits per heavy atom. The van der Waals surface area contributed by atoms with E-state index in [4.69, 9.17) is 16.3 Å². The minimum Gasteiger partial charge on any atom is -0.375 e. The van der Waals surface area contributed by atoms with Gasteiger partial charge in [-0.05, 0) is 38.5 Å². The van der Waals surface area contributed by atoms with Crippen LogP contribution in [0.4, 0.5) is 0 Å². The SMILES string of the molecule is ClCCC1=CCC2(CCCO2)CC1. The van der Waals surface area contributed by atoms with Gasteiger partial charge in [0.1, 0.15) is 0 Å². The van der Waals surface area contributed by atoms with E-state index in [-0.39, 0.29) is 5.60 Å². The van der Waals surface area contributed by atoms with E-state index in [1.165, 1.54) is 31.3 Å². The molecule has 2 rings (SSSR count). The number of ether oxygens (including phenoxy) is 1. The molecule has 0 N–H and O–H groups in total. The minimum atomic E-state index is 0.232. The fraction of sp³-hybridized carbons (Fsp3) is 0.818. The van der Waals surface area contributed by atoms with Crippen molar-refractivity contribution in [3.05, 3.63) is 11.6 Å². The molecular weight excluding hydrogens is 184 g/mol. The molecule has 0 bridgehead atoms. The molecule has 2 aliphatic rings. The lowest BCUT2D eigenvalue weighted by Crippen LogP contribution is -2.29. The smallest absolute Gasteiger partial charge is 0.0720 e. The number of allylic oxidation sites excluding steroid dienone is 1. The summed E-state index contributed by atoms with van der Waals surface area (Å²) in [4.78, 5) is 0. The highest BCUT2D eigenvalue weighted by Crippen LogP contribution is 2.39. The molecule has 74 valence electrons. The van der Waals surface area contributed by atoms with Crippen LogP contribution in [-0.4, -0.2) is 18.1 Å². The van der Waals surface area contributed by atoms with Crippen LogP contribution in [-0.2, 0) is 4.74 Å². The van der Waals surface area contributed by atoms with Crippen LogP contribution in [0.15, 0.2) is 11.6 Å². The maximum absolute atomic E-state index is 5.83. The van der Waals surface area contributed by atoms with E-state index in [1.54, 1.807) is 0 Å². The van der Waals surface area contributed by atoms with Gasteiger partial charge in [-0.15, -0.1) is 11.6 Å². The second-order valence-electron chi connectivity index (χ2n) is 4.14. The molecule has 1 atom stereocenters. The number of hydrogen-bond donors (Lipinski definition) is 0. The van der Waals surface area contributed by atoms with Gasteiger partial charge in [0.2, 0.25) is 0 Å². The number of rotatable bonds is 2. The Balaban J connectivity index is 1.94. The van der Waals surface area contributed by atoms with E-state index in [0.717, 1.165) is 25.3 Å². The van der Waals surface area contributed by atoms with Crippen LogP contribution < -0.4 is 0 Å². The van der Waals surface area contributed by atoms with Crippen LogP contribution in [0.2, 0.25) is 0 Å². The van der Waals surface area contributed by atoms with Crippen LogP contribution in [0, 0.1) is 0 Å². The Hall–Kier alpha value is -0.0100. The average molecular weight is 201 g/mol. The van der Waals surface area contributed by atoms with Crippen molar-refractivity contribution in [2.75, 3.05) is 12.5 Å². The van der Waals surface area contributed by atoms with Crippen LogP contribution in [0.25, 0.3) is 0 Å². The van der Waals surface area contributed by atoms with Gasteiger partial charge in [-0.2, -0.15) is 0 Å². The summed E-state index contributed by atoms with van der Waals surface area (Å²) in [5, 5.41) is 0. The molecule has 0 radical (unpaired) electrons. The maximum Gasteiger partial charge on any atom is 0.0720 e. The first kappa shape index (κ1) is 9.54. The summed E-state index contributed by atoms with van der Waals surface area (Å²) >= 11 is 5.71. The maximum atomic E-state index is 5.83. The van der Waals surface area contributed by atoms with Crippen molar-refractivity contribution < 1.29 is 4.74 Å². The first-order valence-electron chi connectivity index (χ1n) is 5.22. The second kappa shape index (κ2) is 4.02. The Bertz CT molecular complexity index is 204. The molecule has 0 aromatic rings. The zero-order valence-corrected chi connectivity index (χ0v) is 8.78. The van der Waals surface area contributed by atoms with E-state index >= 15 is 0 Å². The third-order valence-electron chi connectivity index (χ3n) is 3.27. The van der Waals surface area contributed by atoms with Gasteiger partial charge in [0.05, 0.1) is 5.60 Å². The van der Waals surface area contributed by atoms with E-state index in [9.17, 15) is 0 Å². The monoisotopic (exact) mass is 200 g/mol. The predicted octanol–water partition coefficient (Wildman–Crippen LogP) is 3.27. The van der Waals surface area contributed by atoms with Crippen molar-refractivity contribution in [3.63, 3.8) is 0 Å². The minimum absolute atomic E-state index is 0.232. The molecule has 1 fully saturated rings. The molecule has 1 aliphatic heterocycles. The van der Waals surface area contributed by atoms with E-state index < -0.39 is 0 Å². The van der Waals surface area contributed by atoms with Crippen molar-refractivity contribution in [1.29, 1.82) is 0 Å². The molecular formula is C11H17ClO. The molecule has 0 aromatic carbocycles. The number of alkyl halides is 1. The second-order valence-corrected chi connectivity index (χ2v) is 4.52. The van der Waals surface area contributed by atoms with Gasteiger partial charge < -0.3 is 4.74 Å². The molecule has 1 heterocycles. The highest BCUT2D eigenvalue weighted by molar-refractivity contribution is 6.17. The van der Waals surface area contributed by atoms with Gasteiger partial charge in [0.15, 0.2) is 0 Å². The molecule has 0 aromatic heterocycles. The molecule has 1 unspecified atom stereocenters. The topological polar surface area (TPSA) is 9.23 Å². The first-order chi connectivity index (χ1) is 6.35. The zero-order chi connectivity index (χ0) is 9.15. The summed E-state index contributed by atoms with van der Waals surface area (Å²) in [6.45, 7) is 0.971. The van der Waals surface area contributed by atoms with Crippen molar-refractivity contribution >= 4 is 11.6 Å².